The van der Waals surface area contributed by atoms with E-state index in [0.29, 0.717) is 10.9 Å². The minimum Gasteiger partial charge on any atom is -0.436 e. The van der Waals surface area contributed by atoms with Crippen molar-refractivity contribution in [2.75, 3.05) is 0 Å². The number of ether oxygens (including phenoxy) is 1. The van der Waals surface area contributed by atoms with Gasteiger partial charge in [-0.05, 0) is 48.4 Å². The Labute approximate surface area is 185 Å². The number of pyridine rings is 1. The molecule has 0 aliphatic rings. The first-order valence-corrected chi connectivity index (χ1v) is 11.5. The van der Waals surface area contributed by atoms with Gasteiger partial charge in [-0.25, -0.2) is 27.0 Å². The molecule has 0 aliphatic carbocycles. The molecule has 0 aliphatic heterocycles. The lowest BCUT2D eigenvalue weighted by molar-refractivity contribution is 0.422. The standard InChI is InChI=1S/C22H14ClF2NO5S/c1-12-15-8-7-14(30-21-17(24)5-3-9-26-21)11-18(15)31-22(27)16(12)10-13-4-2-6-19(20(13)25)32(23,28)29/h2-9,11H,10H2,1H3. The Morgan fingerprint density at radius 3 is 2.62 bits per heavy atom. The van der Waals surface area contributed by atoms with Crippen LogP contribution in [-0.2, 0) is 15.5 Å². The summed E-state index contributed by atoms with van der Waals surface area (Å²) in [5, 5.41) is 0.551. The van der Waals surface area contributed by atoms with E-state index in [1.54, 1.807) is 19.1 Å². The highest BCUT2D eigenvalue weighted by Crippen LogP contribution is 2.29. The van der Waals surface area contributed by atoms with E-state index in [1.807, 2.05) is 0 Å². The Bertz CT molecular complexity index is 1520. The number of aryl methyl sites for hydroxylation is 1. The summed E-state index contributed by atoms with van der Waals surface area (Å²) in [5.74, 6) is -1.70. The second-order valence-electron chi connectivity index (χ2n) is 6.89. The third kappa shape index (κ3) is 4.21. The molecule has 0 radical (unpaired) electrons. The summed E-state index contributed by atoms with van der Waals surface area (Å²) in [6.45, 7) is 1.66. The quantitative estimate of drug-likeness (QED) is 0.294. The Balaban J connectivity index is 1.74. The minimum absolute atomic E-state index is 0.0212. The molecular formula is C22H14ClF2NO5S. The van der Waals surface area contributed by atoms with Crippen LogP contribution in [-0.4, -0.2) is 13.4 Å². The van der Waals surface area contributed by atoms with Crippen molar-refractivity contribution >= 4 is 30.7 Å². The topological polar surface area (TPSA) is 86.5 Å². The maximum atomic E-state index is 14.7. The molecule has 0 atom stereocenters. The summed E-state index contributed by atoms with van der Waals surface area (Å²) in [6, 6.07) is 11.0. The van der Waals surface area contributed by atoms with Gasteiger partial charge in [0.1, 0.15) is 22.0 Å². The number of fused-ring (bicyclic) bond motifs is 1. The Morgan fingerprint density at radius 2 is 1.91 bits per heavy atom. The second kappa shape index (κ2) is 8.33. The third-order valence-electron chi connectivity index (χ3n) is 4.87. The number of benzene rings is 2. The van der Waals surface area contributed by atoms with Crippen molar-refractivity contribution in [3.63, 3.8) is 0 Å². The zero-order valence-corrected chi connectivity index (χ0v) is 18.0. The first kappa shape index (κ1) is 21.9. The molecule has 0 fully saturated rings. The fourth-order valence-corrected chi connectivity index (χ4v) is 4.22. The van der Waals surface area contributed by atoms with Crippen LogP contribution in [0.15, 0.2) is 68.8 Å². The molecule has 0 saturated heterocycles. The number of aromatic nitrogens is 1. The lowest BCUT2D eigenvalue weighted by Gasteiger charge is -2.11. The average molecular weight is 478 g/mol. The Morgan fingerprint density at radius 1 is 1.12 bits per heavy atom. The number of nitrogens with zero attached hydrogens (tertiary/aromatic N) is 1. The zero-order chi connectivity index (χ0) is 23.0. The normalized spacial score (nSPS) is 11.6. The van der Waals surface area contributed by atoms with Gasteiger partial charge < -0.3 is 9.15 Å². The zero-order valence-electron chi connectivity index (χ0n) is 16.4. The van der Waals surface area contributed by atoms with Gasteiger partial charge in [0.2, 0.25) is 0 Å². The largest absolute Gasteiger partial charge is 0.436 e. The summed E-state index contributed by atoms with van der Waals surface area (Å²) in [6.07, 6.45) is 1.17. The van der Waals surface area contributed by atoms with Crippen molar-refractivity contribution in [3.8, 4) is 11.6 Å². The van der Waals surface area contributed by atoms with Gasteiger partial charge in [0.15, 0.2) is 5.82 Å². The molecule has 0 saturated carbocycles. The third-order valence-corrected chi connectivity index (χ3v) is 6.21. The van der Waals surface area contributed by atoms with Crippen molar-refractivity contribution in [2.45, 2.75) is 18.2 Å². The molecule has 164 valence electrons. The summed E-state index contributed by atoms with van der Waals surface area (Å²) in [7, 11) is 0.987. The van der Waals surface area contributed by atoms with Crippen molar-refractivity contribution in [3.05, 3.63) is 93.5 Å². The molecule has 6 nitrogen and oxygen atoms in total. The smallest absolute Gasteiger partial charge is 0.340 e. The van der Waals surface area contributed by atoms with Crippen LogP contribution >= 0.6 is 10.7 Å². The first-order chi connectivity index (χ1) is 15.1. The molecule has 2 aromatic carbocycles. The van der Waals surface area contributed by atoms with Crippen molar-refractivity contribution in [2.24, 2.45) is 0 Å². The molecule has 0 N–H and O–H groups in total. The molecule has 4 rings (SSSR count). The minimum atomic E-state index is -4.29. The lowest BCUT2D eigenvalue weighted by atomic mass is 9.99. The molecule has 0 spiro atoms. The predicted molar refractivity (Wildman–Crippen MR) is 114 cm³/mol. The van der Waals surface area contributed by atoms with Crippen LogP contribution in [0, 0.1) is 18.6 Å². The first-order valence-electron chi connectivity index (χ1n) is 9.22. The summed E-state index contributed by atoms with van der Waals surface area (Å²) in [5.41, 5.74) is 0.111. The van der Waals surface area contributed by atoms with E-state index in [0.717, 1.165) is 6.07 Å². The predicted octanol–water partition coefficient (Wildman–Crippen LogP) is 5.09. The summed E-state index contributed by atoms with van der Waals surface area (Å²) in [4.78, 5) is 15.8. The van der Waals surface area contributed by atoms with Crippen LogP contribution in [0.1, 0.15) is 16.7 Å². The maximum Gasteiger partial charge on any atom is 0.340 e. The molecular weight excluding hydrogens is 464 g/mol. The van der Waals surface area contributed by atoms with Crippen molar-refractivity contribution < 1.29 is 26.4 Å². The number of rotatable bonds is 5. The van der Waals surface area contributed by atoms with Crippen LogP contribution in [0.4, 0.5) is 8.78 Å². The lowest BCUT2D eigenvalue weighted by Crippen LogP contribution is -2.12. The van der Waals surface area contributed by atoms with Gasteiger partial charge >= 0.3 is 5.63 Å². The van der Waals surface area contributed by atoms with Crippen molar-refractivity contribution in [1.82, 2.24) is 4.98 Å². The van der Waals surface area contributed by atoms with Gasteiger partial charge in [-0.3, -0.25) is 0 Å². The Kier molecular flexibility index (Phi) is 5.70. The van der Waals surface area contributed by atoms with E-state index in [4.69, 9.17) is 19.8 Å². The van der Waals surface area contributed by atoms with Crippen molar-refractivity contribution in [1.29, 1.82) is 0 Å². The van der Waals surface area contributed by atoms with E-state index in [9.17, 15) is 22.0 Å². The van der Waals surface area contributed by atoms with Crippen LogP contribution in [0.5, 0.6) is 11.6 Å². The number of hydrogen-bond donors (Lipinski definition) is 0. The molecule has 4 aromatic rings. The van der Waals surface area contributed by atoms with E-state index in [1.165, 1.54) is 36.5 Å². The van der Waals surface area contributed by atoms with E-state index in [2.05, 4.69) is 4.98 Å². The van der Waals surface area contributed by atoms with E-state index in [-0.39, 0.29) is 34.8 Å². The van der Waals surface area contributed by atoms with Crippen LogP contribution in [0.3, 0.4) is 0 Å². The fourth-order valence-electron chi connectivity index (χ4n) is 3.27. The highest BCUT2D eigenvalue weighted by atomic mass is 35.7. The molecule has 10 heteroatoms. The van der Waals surface area contributed by atoms with Gasteiger partial charge in [-0.2, -0.15) is 0 Å². The van der Waals surface area contributed by atoms with Gasteiger partial charge in [0.05, 0.1) is 0 Å². The molecule has 0 unspecified atom stereocenters. The SMILES string of the molecule is Cc1c(Cc2cccc(S(=O)(=O)Cl)c2F)c(=O)oc2cc(Oc3ncccc3F)ccc12. The van der Waals surface area contributed by atoms with Gasteiger partial charge in [-0.1, -0.05) is 12.1 Å². The number of hydrogen-bond acceptors (Lipinski definition) is 6. The van der Waals surface area contributed by atoms with Crippen LogP contribution < -0.4 is 10.4 Å². The number of halogens is 3. The maximum absolute atomic E-state index is 14.7. The second-order valence-corrected chi connectivity index (χ2v) is 9.42. The monoisotopic (exact) mass is 477 g/mol. The van der Waals surface area contributed by atoms with Crippen LogP contribution in [0.2, 0.25) is 0 Å². The summed E-state index contributed by atoms with van der Waals surface area (Å²) >= 11 is 0. The summed E-state index contributed by atoms with van der Waals surface area (Å²) < 4.78 is 62.4. The molecule has 0 bridgehead atoms. The molecule has 0 amide bonds. The molecule has 2 aromatic heterocycles. The average Bonchev–Trinajstić information content (AvgIpc) is 2.73. The Hall–Kier alpha value is -3.30. The van der Waals surface area contributed by atoms with Gasteiger partial charge in [0.25, 0.3) is 14.9 Å². The van der Waals surface area contributed by atoms with Gasteiger partial charge in [0, 0.05) is 40.3 Å². The molecule has 32 heavy (non-hydrogen) atoms. The van der Waals surface area contributed by atoms with Gasteiger partial charge in [-0.15, -0.1) is 0 Å². The fraction of sp³-hybridized carbons (Fsp3) is 0.0909. The van der Waals surface area contributed by atoms with E-state index >= 15 is 0 Å². The molecule has 2 heterocycles. The van der Waals surface area contributed by atoms with Crippen LogP contribution in [0.25, 0.3) is 11.0 Å². The highest BCUT2D eigenvalue weighted by molar-refractivity contribution is 8.13. The highest BCUT2D eigenvalue weighted by Gasteiger charge is 2.21. The van der Waals surface area contributed by atoms with E-state index < -0.39 is 31.2 Å².